The normalized spacial score (nSPS) is 13.3. The van der Waals surface area contributed by atoms with Gasteiger partial charge in [0, 0.05) is 46.9 Å². The minimum atomic E-state index is -0.885. The van der Waals surface area contributed by atoms with Crippen molar-refractivity contribution in [2.45, 2.75) is 19.6 Å². The number of hydrogen-bond donors (Lipinski definition) is 0. The summed E-state index contributed by atoms with van der Waals surface area (Å²) in [6.45, 7) is 3.91. The topological polar surface area (TPSA) is 44.5 Å². The average molecular weight is 622 g/mol. The molecule has 0 amide bonds. The molecular formula is C44H31NO3. The van der Waals surface area contributed by atoms with Crippen LogP contribution in [0, 0.1) is 0 Å². The molecule has 0 aliphatic carbocycles. The Labute approximate surface area is 278 Å². The standard InChI is InChI=1S/C44H31NO3/c1-44(2)47-40-23-21-31(33-17-11-19-41-43(33)35-16-9-10-18-39(35)46-41)24-36(40)34-22-20-30(27-42(34)48-44)32-25-37(28-12-5-3-6-13-28)45-38(26-32)29-14-7-4-8-15-29/h3-27H,1-2H3. The molecule has 0 bridgehead atoms. The smallest absolute Gasteiger partial charge is 0.245 e. The zero-order valence-electron chi connectivity index (χ0n) is 26.6. The number of benzene rings is 6. The number of nitrogens with zero attached hydrogens (tertiary/aromatic N) is 1. The first-order valence-electron chi connectivity index (χ1n) is 16.2. The van der Waals surface area contributed by atoms with Crippen LogP contribution in [0.25, 0.3) is 77.8 Å². The van der Waals surface area contributed by atoms with Crippen molar-refractivity contribution in [2.75, 3.05) is 0 Å². The molecule has 3 heterocycles. The molecule has 9 rings (SSSR count). The zero-order valence-corrected chi connectivity index (χ0v) is 26.6. The Bertz CT molecular complexity index is 2420. The Balaban J connectivity index is 1.20. The molecule has 1 aliphatic heterocycles. The monoisotopic (exact) mass is 621 g/mol. The predicted octanol–water partition coefficient (Wildman–Crippen LogP) is 11.8. The Morgan fingerprint density at radius 1 is 0.438 bits per heavy atom. The summed E-state index contributed by atoms with van der Waals surface area (Å²) in [5, 5.41) is 2.21. The van der Waals surface area contributed by atoms with Gasteiger partial charge in [0.25, 0.3) is 0 Å². The summed E-state index contributed by atoms with van der Waals surface area (Å²) in [5.74, 6) is 0.657. The van der Waals surface area contributed by atoms with Gasteiger partial charge in [0.2, 0.25) is 5.79 Å². The van der Waals surface area contributed by atoms with Crippen LogP contribution in [0.4, 0.5) is 0 Å². The lowest BCUT2D eigenvalue weighted by atomic mass is 9.93. The number of hydrogen-bond acceptors (Lipinski definition) is 4. The first-order valence-corrected chi connectivity index (χ1v) is 16.2. The van der Waals surface area contributed by atoms with E-state index in [1.165, 1.54) is 0 Å². The molecule has 0 unspecified atom stereocenters. The second-order valence-corrected chi connectivity index (χ2v) is 12.7. The van der Waals surface area contributed by atoms with E-state index in [4.69, 9.17) is 18.9 Å². The lowest BCUT2D eigenvalue weighted by Crippen LogP contribution is -2.34. The number of furan rings is 1. The molecule has 4 nitrogen and oxygen atoms in total. The first-order chi connectivity index (χ1) is 23.5. The van der Waals surface area contributed by atoms with Gasteiger partial charge in [-0.05, 0) is 70.8 Å². The van der Waals surface area contributed by atoms with Gasteiger partial charge in [-0.25, -0.2) is 4.98 Å². The molecule has 0 spiro atoms. The maximum atomic E-state index is 6.63. The summed E-state index contributed by atoms with van der Waals surface area (Å²) >= 11 is 0. The molecule has 2 aromatic heterocycles. The van der Waals surface area contributed by atoms with E-state index < -0.39 is 5.79 Å². The largest absolute Gasteiger partial charge is 0.456 e. The third-order valence-corrected chi connectivity index (χ3v) is 8.97. The van der Waals surface area contributed by atoms with E-state index in [9.17, 15) is 0 Å². The molecule has 0 atom stereocenters. The second kappa shape index (κ2) is 11.0. The highest BCUT2D eigenvalue weighted by atomic mass is 16.7. The van der Waals surface area contributed by atoms with E-state index in [1.807, 2.05) is 68.4 Å². The summed E-state index contributed by atoms with van der Waals surface area (Å²) in [6.07, 6.45) is 0. The van der Waals surface area contributed by atoms with E-state index in [1.54, 1.807) is 0 Å². The summed E-state index contributed by atoms with van der Waals surface area (Å²) in [7, 11) is 0. The average Bonchev–Trinajstić information content (AvgIpc) is 3.46. The lowest BCUT2D eigenvalue weighted by molar-refractivity contribution is -0.0778. The van der Waals surface area contributed by atoms with Gasteiger partial charge in [0.1, 0.15) is 22.7 Å². The fourth-order valence-corrected chi connectivity index (χ4v) is 6.78. The minimum absolute atomic E-state index is 0.764. The summed E-state index contributed by atoms with van der Waals surface area (Å²) in [5.41, 5.74) is 12.0. The van der Waals surface area contributed by atoms with E-state index in [-0.39, 0.29) is 0 Å². The van der Waals surface area contributed by atoms with Crippen molar-refractivity contribution in [1.82, 2.24) is 4.98 Å². The van der Waals surface area contributed by atoms with Crippen LogP contribution in [-0.4, -0.2) is 10.8 Å². The predicted molar refractivity (Wildman–Crippen MR) is 194 cm³/mol. The molecule has 4 heteroatoms. The maximum absolute atomic E-state index is 6.63. The van der Waals surface area contributed by atoms with E-state index >= 15 is 0 Å². The highest BCUT2D eigenvalue weighted by molar-refractivity contribution is 6.12. The summed E-state index contributed by atoms with van der Waals surface area (Å²) in [4.78, 5) is 5.07. The highest BCUT2D eigenvalue weighted by Gasteiger charge is 2.30. The molecule has 230 valence electrons. The Morgan fingerprint density at radius 3 is 1.83 bits per heavy atom. The molecular weight excluding hydrogens is 590 g/mol. The number of para-hydroxylation sites is 1. The molecule has 0 N–H and O–H groups in total. The quantitative estimate of drug-likeness (QED) is 0.196. The van der Waals surface area contributed by atoms with Gasteiger partial charge < -0.3 is 13.9 Å². The number of aromatic nitrogens is 1. The van der Waals surface area contributed by atoms with Crippen molar-refractivity contribution in [3.05, 3.63) is 152 Å². The molecule has 0 saturated heterocycles. The lowest BCUT2D eigenvalue weighted by Gasteiger charge is -2.26. The fraction of sp³-hybridized carbons (Fsp3) is 0.0682. The van der Waals surface area contributed by atoms with Gasteiger partial charge >= 0.3 is 0 Å². The van der Waals surface area contributed by atoms with E-state index in [0.29, 0.717) is 0 Å². The Morgan fingerprint density at radius 2 is 1.08 bits per heavy atom. The zero-order chi connectivity index (χ0) is 32.2. The molecule has 6 aromatic carbocycles. The molecule has 8 aromatic rings. The van der Waals surface area contributed by atoms with Crippen LogP contribution in [0.1, 0.15) is 13.8 Å². The number of fused-ring (bicyclic) bond motifs is 6. The number of ether oxygens (including phenoxy) is 2. The van der Waals surface area contributed by atoms with Crippen LogP contribution in [0.3, 0.4) is 0 Å². The van der Waals surface area contributed by atoms with Crippen molar-refractivity contribution in [3.8, 4) is 67.4 Å². The highest BCUT2D eigenvalue weighted by Crippen LogP contribution is 2.47. The first kappa shape index (κ1) is 28.1. The SMILES string of the molecule is CC1(C)Oc2cc(-c3cc(-c4ccccc4)nc(-c4ccccc4)c3)ccc2-c2cc(-c3cccc4oc5ccccc5c34)ccc2O1. The third kappa shape index (κ3) is 4.90. The van der Waals surface area contributed by atoms with E-state index in [0.717, 1.165) is 89.3 Å². The maximum Gasteiger partial charge on any atom is 0.245 e. The molecule has 0 radical (unpaired) electrons. The summed E-state index contributed by atoms with van der Waals surface area (Å²) in [6, 6.07) is 52.2. The molecule has 0 saturated carbocycles. The van der Waals surface area contributed by atoms with Crippen molar-refractivity contribution < 1.29 is 13.9 Å². The van der Waals surface area contributed by atoms with Gasteiger partial charge in [-0.15, -0.1) is 0 Å². The Hall–Kier alpha value is -6.13. The second-order valence-electron chi connectivity index (χ2n) is 12.7. The van der Waals surface area contributed by atoms with E-state index in [2.05, 4.69) is 97.1 Å². The van der Waals surface area contributed by atoms with Gasteiger partial charge in [0.05, 0.1) is 11.4 Å². The van der Waals surface area contributed by atoms with Crippen LogP contribution in [0.5, 0.6) is 11.5 Å². The van der Waals surface area contributed by atoms with Crippen LogP contribution in [0.2, 0.25) is 0 Å². The molecule has 1 aliphatic rings. The third-order valence-electron chi connectivity index (χ3n) is 8.97. The van der Waals surface area contributed by atoms with Crippen LogP contribution in [0.15, 0.2) is 156 Å². The molecule has 48 heavy (non-hydrogen) atoms. The van der Waals surface area contributed by atoms with Crippen LogP contribution < -0.4 is 9.47 Å². The fourth-order valence-electron chi connectivity index (χ4n) is 6.78. The van der Waals surface area contributed by atoms with Gasteiger partial charge in [-0.2, -0.15) is 0 Å². The van der Waals surface area contributed by atoms with Crippen molar-refractivity contribution in [3.63, 3.8) is 0 Å². The van der Waals surface area contributed by atoms with Crippen LogP contribution in [-0.2, 0) is 0 Å². The van der Waals surface area contributed by atoms with Gasteiger partial charge in [-0.3, -0.25) is 0 Å². The minimum Gasteiger partial charge on any atom is -0.456 e. The number of pyridine rings is 1. The van der Waals surface area contributed by atoms with Gasteiger partial charge in [-0.1, -0.05) is 103 Å². The van der Waals surface area contributed by atoms with Crippen molar-refractivity contribution in [2.24, 2.45) is 0 Å². The summed E-state index contributed by atoms with van der Waals surface area (Å²) < 4.78 is 19.3. The van der Waals surface area contributed by atoms with Gasteiger partial charge in [0.15, 0.2) is 0 Å². The van der Waals surface area contributed by atoms with Crippen molar-refractivity contribution in [1.29, 1.82) is 0 Å². The molecule has 0 fully saturated rings. The van der Waals surface area contributed by atoms with Crippen LogP contribution >= 0.6 is 0 Å². The number of rotatable bonds is 4. The Kier molecular flexibility index (Phi) is 6.44. The van der Waals surface area contributed by atoms with Crippen molar-refractivity contribution >= 4 is 21.9 Å².